The molecule has 0 aliphatic rings. The average Bonchev–Trinajstić information content (AvgIpc) is 3.15. The van der Waals surface area contributed by atoms with Crippen LogP contribution in [0.2, 0.25) is 0 Å². The molecule has 0 amide bonds. The standard InChI is InChI=1S/C22H19N3O3/c26-14-17-3-1-2-4-18(17)19-13-25-20(11-24-21(25)12-23-19)16-8-5-15(6-9-16)7-10-22(27)28/h1-6,8-9,11-13,26H,7,10,14H2,(H,27,28). The van der Waals surface area contributed by atoms with E-state index in [-0.39, 0.29) is 13.0 Å². The van der Waals surface area contributed by atoms with Gasteiger partial charge in [-0.25, -0.2) is 4.98 Å². The van der Waals surface area contributed by atoms with E-state index in [0.29, 0.717) is 6.42 Å². The Morgan fingerprint density at radius 3 is 2.54 bits per heavy atom. The first-order valence-electron chi connectivity index (χ1n) is 8.99. The third-order valence-electron chi connectivity index (χ3n) is 4.74. The Balaban J connectivity index is 1.71. The maximum absolute atomic E-state index is 10.7. The first-order chi connectivity index (χ1) is 13.7. The summed E-state index contributed by atoms with van der Waals surface area (Å²) in [5.74, 6) is -0.797. The third-order valence-corrected chi connectivity index (χ3v) is 4.74. The third kappa shape index (κ3) is 3.50. The lowest BCUT2D eigenvalue weighted by Crippen LogP contribution is -1.97. The number of fused-ring (bicyclic) bond motifs is 1. The number of aryl methyl sites for hydroxylation is 1. The minimum absolute atomic E-state index is 0.0511. The number of aromatic nitrogens is 3. The molecule has 140 valence electrons. The number of aliphatic carboxylic acids is 1. The van der Waals surface area contributed by atoms with Crippen molar-refractivity contribution in [3.63, 3.8) is 0 Å². The zero-order valence-corrected chi connectivity index (χ0v) is 15.1. The van der Waals surface area contributed by atoms with Gasteiger partial charge in [0.1, 0.15) is 0 Å². The molecule has 0 saturated carbocycles. The number of benzene rings is 2. The summed E-state index contributed by atoms with van der Waals surface area (Å²) < 4.78 is 1.97. The predicted octanol–water partition coefficient (Wildman–Crippen LogP) is 3.57. The first-order valence-corrected chi connectivity index (χ1v) is 8.99. The van der Waals surface area contributed by atoms with Crippen molar-refractivity contribution < 1.29 is 15.0 Å². The highest BCUT2D eigenvalue weighted by Gasteiger charge is 2.11. The molecular weight excluding hydrogens is 354 g/mol. The molecule has 0 spiro atoms. The van der Waals surface area contributed by atoms with E-state index in [2.05, 4.69) is 9.97 Å². The van der Waals surface area contributed by atoms with Crippen LogP contribution in [0.1, 0.15) is 17.5 Å². The van der Waals surface area contributed by atoms with Crippen molar-refractivity contribution in [1.29, 1.82) is 0 Å². The molecule has 0 aliphatic heterocycles. The van der Waals surface area contributed by atoms with Crippen LogP contribution < -0.4 is 0 Å². The summed E-state index contributed by atoms with van der Waals surface area (Å²) in [4.78, 5) is 19.7. The van der Waals surface area contributed by atoms with Crippen LogP contribution in [0.25, 0.3) is 28.2 Å². The molecule has 0 fully saturated rings. The van der Waals surface area contributed by atoms with Gasteiger partial charge >= 0.3 is 5.97 Å². The van der Waals surface area contributed by atoms with Crippen molar-refractivity contribution in [2.45, 2.75) is 19.4 Å². The maximum atomic E-state index is 10.7. The Labute approximate surface area is 161 Å². The van der Waals surface area contributed by atoms with Crippen LogP contribution in [0, 0.1) is 0 Å². The van der Waals surface area contributed by atoms with E-state index in [1.165, 1.54) is 0 Å². The number of carbonyl (C=O) groups is 1. The molecule has 0 saturated heterocycles. The molecular formula is C22H19N3O3. The second kappa shape index (κ2) is 7.62. The van der Waals surface area contributed by atoms with E-state index in [1.807, 2.05) is 59.1 Å². The Morgan fingerprint density at radius 1 is 1.00 bits per heavy atom. The molecule has 2 aromatic carbocycles. The number of imidazole rings is 1. The van der Waals surface area contributed by atoms with Gasteiger partial charge in [0.25, 0.3) is 0 Å². The summed E-state index contributed by atoms with van der Waals surface area (Å²) in [6.07, 6.45) is 6.06. The lowest BCUT2D eigenvalue weighted by atomic mass is 10.1. The Bertz CT molecular complexity index is 1130. The number of carboxylic acids is 1. The van der Waals surface area contributed by atoms with Crippen LogP contribution in [-0.2, 0) is 17.8 Å². The fraction of sp³-hybridized carbons (Fsp3) is 0.136. The molecule has 0 radical (unpaired) electrons. The van der Waals surface area contributed by atoms with E-state index in [0.717, 1.165) is 39.3 Å². The van der Waals surface area contributed by atoms with Gasteiger partial charge in [0, 0.05) is 23.7 Å². The van der Waals surface area contributed by atoms with Crippen LogP contribution in [0.3, 0.4) is 0 Å². The van der Waals surface area contributed by atoms with Gasteiger partial charge in [-0.2, -0.15) is 0 Å². The quantitative estimate of drug-likeness (QED) is 0.539. The number of carboxylic acid groups (broad SMARTS) is 1. The minimum Gasteiger partial charge on any atom is -0.481 e. The molecule has 2 N–H and O–H groups in total. The molecule has 4 rings (SSSR count). The van der Waals surface area contributed by atoms with Crippen molar-refractivity contribution in [2.24, 2.45) is 0 Å². The Morgan fingerprint density at radius 2 is 1.79 bits per heavy atom. The van der Waals surface area contributed by atoms with Crippen LogP contribution in [0.4, 0.5) is 0 Å². The maximum Gasteiger partial charge on any atom is 0.303 e. The van der Waals surface area contributed by atoms with E-state index >= 15 is 0 Å². The van der Waals surface area contributed by atoms with Crippen molar-refractivity contribution in [3.8, 4) is 22.5 Å². The topological polar surface area (TPSA) is 87.7 Å². The number of hydrogen-bond donors (Lipinski definition) is 2. The van der Waals surface area contributed by atoms with Crippen LogP contribution in [0.15, 0.2) is 67.1 Å². The number of nitrogens with zero attached hydrogens (tertiary/aromatic N) is 3. The van der Waals surface area contributed by atoms with E-state index in [9.17, 15) is 9.90 Å². The normalized spacial score (nSPS) is 11.0. The zero-order valence-electron chi connectivity index (χ0n) is 15.1. The molecule has 6 heteroatoms. The lowest BCUT2D eigenvalue weighted by Gasteiger charge is -2.09. The SMILES string of the molecule is O=C(O)CCc1ccc(-c2cnc3cnc(-c4ccccc4CO)cn23)cc1. The van der Waals surface area contributed by atoms with Crippen LogP contribution in [-0.4, -0.2) is 30.6 Å². The van der Waals surface area contributed by atoms with E-state index < -0.39 is 5.97 Å². The molecule has 0 atom stereocenters. The summed E-state index contributed by atoms with van der Waals surface area (Å²) in [5, 5.41) is 18.4. The number of hydrogen-bond acceptors (Lipinski definition) is 4. The van der Waals surface area contributed by atoms with Gasteiger partial charge in [0.05, 0.1) is 30.4 Å². The minimum atomic E-state index is -0.797. The van der Waals surface area contributed by atoms with E-state index in [4.69, 9.17) is 5.11 Å². The largest absolute Gasteiger partial charge is 0.481 e. The Hall–Kier alpha value is -3.51. The average molecular weight is 373 g/mol. The van der Waals surface area contributed by atoms with Gasteiger partial charge in [-0.3, -0.25) is 14.2 Å². The van der Waals surface area contributed by atoms with E-state index in [1.54, 1.807) is 12.4 Å². The Kier molecular flexibility index (Phi) is 4.87. The van der Waals surface area contributed by atoms with Gasteiger partial charge in [-0.1, -0.05) is 48.5 Å². The molecule has 2 heterocycles. The lowest BCUT2D eigenvalue weighted by molar-refractivity contribution is -0.136. The fourth-order valence-corrected chi connectivity index (χ4v) is 3.24. The van der Waals surface area contributed by atoms with Gasteiger partial charge in [0.2, 0.25) is 0 Å². The summed E-state index contributed by atoms with van der Waals surface area (Å²) in [5.41, 5.74) is 6.09. The molecule has 6 nitrogen and oxygen atoms in total. The van der Waals surface area contributed by atoms with Crippen molar-refractivity contribution in [2.75, 3.05) is 0 Å². The number of aliphatic hydroxyl groups excluding tert-OH is 1. The number of aliphatic hydroxyl groups is 1. The van der Waals surface area contributed by atoms with Crippen LogP contribution in [0.5, 0.6) is 0 Å². The highest BCUT2D eigenvalue weighted by atomic mass is 16.4. The highest BCUT2D eigenvalue weighted by molar-refractivity contribution is 5.69. The molecule has 0 aliphatic carbocycles. The molecule has 0 unspecified atom stereocenters. The fourth-order valence-electron chi connectivity index (χ4n) is 3.24. The second-order valence-electron chi connectivity index (χ2n) is 6.55. The van der Waals surface area contributed by atoms with Gasteiger partial charge in [-0.15, -0.1) is 0 Å². The number of rotatable bonds is 6. The summed E-state index contributed by atoms with van der Waals surface area (Å²) >= 11 is 0. The first kappa shape index (κ1) is 17.9. The van der Waals surface area contributed by atoms with Gasteiger partial charge in [-0.05, 0) is 17.5 Å². The summed E-state index contributed by atoms with van der Waals surface area (Å²) in [6, 6.07) is 15.5. The predicted molar refractivity (Wildman–Crippen MR) is 106 cm³/mol. The van der Waals surface area contributed by atoms with Gasteiger partial charge < -0.3 is 10.2 Å². The van der Waals surface area contributed by atoms with Crippen molar-refractivity contribution in [3.05, 3.63) is 78.2 Å². The van der Waals surface area contributed by atoms with Crippen molar-refractivity contribution in [1.82, 2.24) is 14.4 Å². The molecule has 4 aromatic rings. The van der Waals surface area contributed by atoms with Crippen molar-refractivity contribution >= 4 is 11.6 Å². The smallest absolute Gasteiger partial charge is 0.303 e. The molecule has 28 heavy (non-hydrogen) atoms. The highest BCUT2D eigenvalue weighted by Crippen LogP contribution is 2.26. The second-order valence-corrected chi connectivity index (χ2v) is 6.55. The van der Waals surface area contributed by atoms with Crippen LogP contribution >= 0.6 is 0 Å². The monoisotopic (exact) mass is 373 g/mol. The summed E-state index contributed by atoms with van der Waals surface area (Å²) in [6.45, 7) is -0.0511. The molecule has 0 bridgehead atoms. The zero-order chi connectivity index (χ0) is 19.5. The summed E-state index contributed by atoms with van der Waals surface area (Å²) in [7, 11) is 0. The van der Waals surface area contributed by atoms with Gasteiger partial charge in [0.15, 0.2) is 5.65 Å². The molecule has 2 aromatic heterocycles.